The molecule has 1 fully saturated rings. The first-order chi connectivity index (χ1) is 9.03. The average Bonchev–Trinajstić information content (AvgIpc) is 2.82. The molecule has 106 valence electrons. The van der Waals surface area contributed by atoms with Crippen molar-refractivity contribution >= 4 is 10.0 Å². The van der Waals surface area contributed by atoms with Crippen LogP contribution in [0.5, 0.6) is 5.88 Å². The molecule has 0 saturated heterocycles. The molecule has 1 saturated carbocycles. The van der Waals surface area contributed by atoms with E-state index < -0.39 is 16.1 Å². The SMILES string of the molecule is COc1ccc(S(=O)(=O)NC[C@H]2CCC[C@@H]2O)cn1. The van der Waals surface area contributed by atoms with Crippen molar-refractivity contribution in [2.75, 3.05) is 13.7 Å². The number of hydrogen-bond donors (Lipinski definition) is 2. The van der Waals surface area contributed by atoms with E-state index in [-0.39, 0.29) is 17.4 Å². The third kappa shape index (κ3) is 3.43. The summed E-state index contributed by atoms with van der Waals surface area (Å²) in [6.45, 7) is 0.259. The van der Waals surface area contributed by atoms with Gasteiger partial charge >= 0.3 is 0 Å². The maximum Gasteiger partial charge on any atom is 0.242 e. The topological polar surface area (TPSA) is 88.5 Å². The number of nitrogens with zero attached hydrogens (tertiary/aromatic N) is 1. The monoisotopic (exact) mass is 286 g/mol. The molecule has 0 aromatic carbocycles. The van der Waals surface area contributed by atoms with E-state index >= 15 is 0 Å². The third-order valence-corrected chi connectivity index (χ3v) is 4.79. The standard InChI is InChI=1S/C12H18N2O4S/c1-18-12-6-5-10(8-13-12)19(16,17)14-7-9-3-2-4-11(9)15/h5-6,8-9,11,14-15H,2-4,7H2,1H3/t9-,11+/m1/s1. The fraction of sp³-hybridized carbons (Fsp3) is 0.583. The van der Waals surface area contributed by atoms with Crippen LogP contribution < -0.4 is 9.46 Å². The molecule has 0 bridgehead atoms. The zero-order chi connectivity index (χ0) is 13.9. The van der Waals surface area contributed by atoms with Gasteiger partial charge in [0, 0.05) is 12.6 Å². The van der Waals surface area contributed by atoms with Crippen molar-refractivity contribution in [1.29, 1.82) is 0 Å². The fourth-order valence-electron chi connectivity index (χ4n) is 2.20. The van der Waals surface area contributed by atoms with Crippen LogP contribution in [-0.4, -0.2) is 38.3 Å². The molecule has 2 rings (SSSR count). The first-order valence-electron chi connectivity index (χ1n) is 6.20. The van der Waals surface area contributed by atoms with Crippen LogP contribution in [0.15, 0.2) is 23.2 Å². The Morgan fingerprint density at radius 3 is 2.79 bits per heavy atom. The van der Waals surface area contributed by atoms with Crippen molar-refractivity contribution < 1.29 is 18.3 Å². The number of pyridine rings is 1. The highest BCUT2D eigenvalue weighted by atomic mass is 32.2. The summed E-state index contributed by atoms with van der Waals surface area (Å²) < 4.78 is 31.4. The summed E-state index contributed by atoms with van der Waals surface area (Å²) in [6.07, 6.45) is 3.39. The van der Waals surface area contributed by atoms with Crippen LogP contribution in [0.4, 0.5) is 0 Å². The largest absolute Gasteiger partial charge is 0.481 e. The fourth-order valence-corrected chi connectivity index (χ4v) is 3.24. The van der Waals surface area contributed by atoms with Gasteiger partial charge in [0.15, 0.2) is 0 Å². The number of nitrogens with one attached hydrogen (secondary N) is 1. The Morgan fingerprint density at radius 2 is 2.26 bits per heavy atom. The molecular formula is C12H18N2O4S. The molecule has 7 heteroatoms. The highest BCUT2D eigenvalue weighted by molar-refractivity contribution is 7.89. The summed E-state index contributed by atoms with van der Waals surface area (Å²) >= 11 is 0. The van der Waals surface area contributed by atoms with Crippen molar-refractivity contribution in [3.05, 3.63) is 18.3 Å². The molecule has 0 amide bonds. The highest BCUT2D eigenvalue weighted by Crippen LogP contribution is 2.25. The van der Waals surface area contributed by atoms with E-state index in [2.05, 4.69) is 9.71 Å². The number of sulfonamides is 1. The molecule has 1 heterocycles. The van der Waals surface area contributed by atoms with Gasteiger partial charge in [-0.15, -0.1) is 0 Å². The van der Waals surface area contributed by atoms with E-state index in [1.807, 2.05) is 0 Å². The van der Waals surface area contributed by atoms with Crippen LogP contribution in [-0.2, 0) is 10.0 Å². The predicted molar refractivity (Wildman–Crippen MR) is 69.3 cm³/mol. The lowest BCUT2D eigenvalue weighted by molar-refractivity contribution is 0.134. The smallest absolute Gasteiger partial charge is 0.242 e. The molecule has 1 aromatic rings. The van der Waals surface area contributed by atoms with Crippen LogP contribution in [0, 0.1) is 5.92 Å². The van der Waals surface area contributed by atoms with Crippen LogP contribution in [0.3, 0.4) is 0 Å². The van der Waals surface area contributed by atoms with Gasteiger partial charge in [0.25, 0.3) is 0 Å². The maximum atomic E-state index is 12.0. The normalized spacial score (nSPS) is 23.5. The van der Waals surface area contributed by atoms with Crippen molar-refractivity contribution in [3.8, 4) is 5.88 Å². The van der Waals surface area contributed by atoms with Gasteiger partial charge in [-0.05, 0) is 24.8 Å². The lowest BCUT2D eigenvalue weighted by Crippen LogP contribution is -2.32. The van der Waals surface area contributed by atoms with E-state index in [1.54, 1.807) is 0 Å². The van der Waals surface area contributed by atoms with Gasteiger partial charge in [0.1, 0.15) is 4.90 Å². The lowest BCUT2D eigenvalue weighted by Gasteiger charge is -2.15. The molecule has 1 aliphatic rings. The van der Waals surface area contributed by atoms with Crippen LogP contribution in [0.2, 0.25) is 0 Å². The number of methoxy groups -OCH3 is 1. The minimum Gasteiger partial charge on any atom is -0.481 e. The molecule has 1 aliphatic carbocycles. The van der Waals surface area contributed by atoms with Crippen LogP contribution >= 0.6 is 0 Å². The molecular weight excluding hydrogens is 268 g/mol. The zero-order valence-electron chi connectivity index (χ0n) is 10.7. The number of hydrogen-bond acceptors (Lipinski definition) is 5. The molecule has 6 nitrogen and oxygen atoms in total. The Labute approximate surface area is 112 Å². The number of aromatic nitrogens is 1. The summed E-state index contributed by atoms with van der Waals surface area (Å²) in [7, 11) is -2.11. The van der Waals surface area contributed by atoms with Crippen LogP contribution in [0.1, 0.15) is 19.3 Å². The summed E-state index contributed by atoms with van der Waals surface area (Å²) in [5.41, 5.74) is 0. The molecule has 1 aromatic heterocycles. The van der Waals surface area contributed by atoms with E-state index in [4.69, 9.17) is 4.74 Å². The quantitative estimate of drug-likeness (QED) is 0.824. The van der Waals surface area contributed by atoms with Gasteiger partial charge in [-0.25, -0.2) is 18.1 Å². The Morgan fingerprint density at radius 1 is 1.47 bits per heavy atom. The summed E-state index contributed by atoms with van der Waals surface area (Å²) in [6, 6.07) is 2.94. The van der Waals surface area contributed by atoms with Gasteiger partial charge in [0.05, 0.1) is 19.4 Å². The minimum atomic E-state index is -3.58. The summed E-state index contributed by atoms with van der Waals surface area (Å²) in [4.78, 5) is 3.97. The molecule has 0 spiro atoms. The second-order valence-corrected chi connectivity index (χ2v) is 6.41. The van der Waals surface area contributed by atoms with Crippen molar-refractivity contribution in [2.45, 2.75) is 30.3 Å². The van der Waals surface area contributed by atoms with Gasteiger partial charge in [-0.2, -0.15) is 0 Å². The Bertz CT molecular complexity index is 515. The Balaban J connectivity index is 2.01. The van der Waals surface area contributed by atoms with Crippen molar-refractivity contribution in [3.63, 3.8) is 0 Å². The van der Waals surface area contributed by atoms with E-state index in [0.29, 0.717) is 5.88 Å². The lowest BCUT2D eigenvalue weighted by atomic mass is 10.1. The first kappa shape index (κ1) is 14.2. The average molecular weight is 286 g/mol. The van der Waals surface area contributed by atoms with E-state index in [9.17, 15) is 13.5 Å². The number of aliphatic hydroxyl groups excluding tert-OH is 1. The molecule has 0 radical (unpaired) electrons. The molecule has 0 unspecified atom stereocenters. The van der Waals surface area contributed by atoms with Gasteiger partial charge in [-0.1, -0.05) is 6.42 Å². The first-order valence-corrected chi connectivity index (χ1v) is 7.69. The number of aliphatic hydroxyl groups is 1. The Hall–Kier alpha value is -1.18. The minimum absolute atomic E-state index is 0.000910. The molecule has 2 N–H and O–H groups in total. The second kappa shape index (κ2) is 5.85. The number of rotatable bonds is 5. The molecule has 0 aliphatic heterocycles. The van der Waals surface area contributed by atoms with E-state index in [0.717, 1.165) is 19.3 Å². The summed E-state index contributed by atoms with van der Waals surface area (Å²) in [5.74, 6) is 0.367. The summed E-state index contributed by atoms with van der Waals surface area (Å²) in [5, 5.41) is 9.66. The van der Waals surface area contributed by atoms with Gasteiger partial charge in [0.2, 0.25) is 15.9 Å². The highest BCUT2D eigenvalue weighted by Gasteiger charge is 2.26. The molecule has 2 atom stereocenters. The van der Waals surface area contributed by atoms with E-state index in [1.165, 1.54) is 25.4 Å². The third-order valence-electron chi connectivity index (χ3n) is 3.38. The second-order valence-electron chi connectivity index (χ2n) is 4.65. The Kier molecular flexibility index (Phi) is 4.38. The van der Waals surface area contributed by atoms with Gasteiger partial charge in [-0.3, -0.25) is 0 Å². The van der Waals surface area contributed by atoms with Crippen molar-refractivity contribution in [2.24, 2.45) is 5.92 Å². The molecule has 19 heavy (non-hydrogen) atoms. The predicted octanol–water partition coefficient (Wildman–Crippen LogP) is 0.529. The zero-order valence-corrected chi connectivity index (χ0v) is 11.6. The number of ether oxygens (including phenoxy) is 1. The van der Waals surface area contributed by atoms with Gasteiger partial charge < -0.3 is 9.84 Å². The maximum absolute atomic E-state index is 12.0. The van der Waals surface area contributed by atoms with Crippen molar-refractivity contribution in [1.82, 2.24) is 9.71 Å². The van der Waals surface area contributed by atoms with Crippen LogP contribution in [0.25, 0.3) is 0 Å².